The number of hydrogen-bond acceptors (Lipinski definition) is 5. The first-order valence-electron chi connectivity index (χ1n) is 11.2. The van der Waals surface area contributed by atoms with Crippen LogP contribution >= 0.6 is 11.6 Å². The number of amides is 2. The second kappa shape index (κ2) is 12.4. The minimum Gasteiger partial charge on any atom is -0.490 e. The molecule has 2 amide bonds. The van der Waals surface area contributed by atoms with E-state index < -0.39 is 5.91 Å². The molecule has 0 saturated heterocycles. The summed E-state index contributed by atoms with van der Waals surface area (Å²) in [6.45, 7) is 5.87. The molecule has 8 heteroatoms. The van der Waals surface area contributed by atoms with Crippen molar-refractivity contribution in [3.05, 3.63) is 87.9 Å². The van der Waals surface area contributed by atoms with Gasteiger partial charge in [0.25, 0.3) is 11.8 Å². The number of halogens is 1. The summed E-state index contributed by atoms with van der Waals surface area (Å²) < 4.78 is 11.4. The van der Waals surface area contributed by atoms with Crippen molar-refractivity contribution in [1.29, 1.82) is 5.26 Å². The fourth-order valence-corrected chi connectivity index (χ4v) is 3.56. The Morgan fingerprint density at radius 1 is 1.00 bits per heavy atom. The second-order valence-electron chi connectivity index (χ2n) is 7.93. The van der Waals surface area contributed by atoms with Gasteiger partial charge in [0.05, 0.1) is 6.61 Å². The molecular formula is C28H26ClN3O4. The Labute approximate surface area is 215 Å². The highest BCUT2D eigenvalue weighted by Crippen LogP contribution is 2.30. The summed E-state index contributed by atoms with van der Waals surface area (Å²) in [5.74, 6) is -0.122. The van der Waals surface area contributed by atoms with Gasteiger partial charge >= 0.3 is 0 Å². The molecule has 184 valence electrons. The van der Waals surface area contributed by atoms with Crippen molar-refractivity contribution in [3.8, 4) is 17.6 Å². The number of benzene rings is 3. The lowest BCUT2D eigenvalue weighted by atomic mass is 10.1. The van der Waals surface area contributed by atoms with E-state index in [0.29, 0.717) is 34.4 Å². The van der Waals surface area contributed by atoms with E-state index in [0.717, 1.165) is 16.8 Å². The fraction of sp³-hybridized carbons (Fsp3) is 0.179. The molecule has 0 fully saturated rings. The Balaban J connectivity index is 1.71. The topological polar surface area (TPSA) is 100 Å². The molecule has 3 aromatic carbocycles. The monoisotopic (exact) mass is 503 g/mol. The highest BCUT2D eigenvalue weighted by molar-refractivity contribution is 6.31. The van der Waals surface area contributed by atoms with Crippen LogP contribution in [0.1, 0.15) is 23.6 Å². The molecule has 0 radical (unpaired) electrons. The maximum absolute atomic E-state index is 12.6. The number of ether oxygens (including phenoxy) is 2. The standard InChI is InChI=1S/C28H26ClN3O4/c1-4-35-26-14-20(13-21(16-30)28(34)31-23-7-5-6-22(29)15-23)9-11-25(26)36-17-27(33)32-24-10-8-18(2)12-19(24)3/h5-15H,4,17H2,1-3H3,(H,31,34)(H,32,33)/b21-13-. The molecule has 0 atom stereocenters. The van der Waals surface area contributed by atoms with Crippen molar-refractivity contribution in [2.45, 2.75) is 20.8 Å². The van der Waals surface area contributed by atoms with Gasteiger partial charge < -0.3 is 20.1 Å². The Bertz CT molecular complexity index is 1340. The summed E-state index contributed by atoms with van der Waals surface area (Å²) in [5.41, 5.74) is 3.73. The lowest BCUT2D eigenvalue weighted by molar-refractivity contribution is -0.118. The largest absolute Gasteiger partial charge is 0.490 e. The summed E-state index contributed by atoms with van der Waals surface area (Å²) in [7, 11) is 0. The molecular weight excluding hydrogens is 478 g/mol. The Hall–Kier alpha value is -4.28. The molecule has 7 nitrogen and oxygen atoms in total. The van der Waals surface area contributed by atoms with E-state index in [1.165, 1.54) is 6.08 Å². The molecule has 0 saturated carbocycles. The molecule has 2 N–H and O–H groups in total. The smallest absolute Gasteiger partial charge is 0.266 e. The first kappa shape index (κ1) is 26.3. The van der Waals surface area contributed by atoms with Gasteiger partial charge in [-0.15, -0.1) is 0 Å². The summed E-state index contributed by atoms with van der Waals surface area (Å²) in [5, 5.41) is 15.5. The van der Waals surface area contributed by atoms with Crippen molar-refractivity contribution in [2.24, 2.45) is 0 Å². The normalized spacial score (nSPS) is 10.8. The maximum Gasteiger partial charge on any atom is 0.266 e. The molecule has 0 aliphatic rings. The van der Waals surface area contributed by atoms with E-state index >= 15 is 0 Å². The van der Waals surface area contributed by atoms with Crippen LogP contribution in [0.5, 0.6) is 11.5 Å². The van der Waals surface area contributed by atoms with Crippen LogP contribution in [0.15, 0.2) is 66.2 Å². The zero-order chi connectivity index (χ0) is 26.1. The summed E-state index contributed by atoms with van der Waals surface area (Å²) in [6, 6.07) is 19.3. The minimum atomic E-state index is -0.568. The number of anilines is 2. The highest BCUT2D eigenvalue weighted by Gasteiger charge is 2.13. The van der Waals surface area contributed by atoms with Gasteiger partial charge in [-0.25, -0.2) is 0 Å². The summed E-state index contributed by atoms with van der Waals surface area (Å²) in [6.07, 6.45) is 1.44. The first-order valence-corrected chi connectivity index (χ1v) is 11.6. The Kier molecular flexibility index (Phi) is 9.09. The van der Waals surface area contributed by atoms with E-state index in [9.17, 15) is 14.9 Å². The summed E-state index contributed by atoms with van der Waals surface area (Å²) >= 11 is 5.95. The molecule has 0 aromatic heterocycles. The Morgan fingerprint density at radius 2 is 1.81 bits per heavy atom. The molecule has 0 heterocycles. The molecule has 0 aliphatic heterocycles. The van der Waals surface area contributed by atoms with Gasteiger partial charge in [0, 0.05) is 16.4 Å². The van der Waals surface area contributed by atoms with Gasteiger partial charge in [0.1, 0.15) is 11.6 Å². The lowest BCUT2D eigenvalue weighted by Gasteiger charge is -2.14. The zero-order valence-electron chi connectivity index (χ0n) is 20.2. The number of carbonyl (C=O) groups is 2. The van der Waals surface area contributed by atoms with E-state index in [-0.39, 0.29) is 18.1 Å². The average molecular weight is 504 g/mol. The van der Waals surface area contributed by atoms with E-state index in [4.69, 9.17) is 21.1 Å². The van der Waals surface area contributed by atoms with Crippen LogP contribution in [-0.2, 0) is 9.59 Å². The molecule has 0 unspecified atom stereocenters. The van der Waals surface area contributed by atoms with Crippen LogP contribution in [-0.4, -0.2) is 25.0 Å². The molecule has 3 aromatic rings. The summed E-state index contributed by atoms with van der Waals surface area (Å²) in [4.78, 5) is 25.0. The minimum absolute atomic E-state index is 0.0982. The SMILES string of the molecule is CCOc1cc(/C=C(/C#N)C(=O)Nc2cccc(Cl)c2)ccc1OCC(=O)Nc1ccc(C)cc1C. The number of aryl methyl sites for hydroxylation is 2. The number of nitrogens with zero attached hydrogens (tertiary/aromatic N) is 1. The first-order chi connectivity index (χ1) is 17.3. The molecule has 3 rings (SSSR count). The molecule has 36 heavy (non-hydrogen) atoms. The van der Waals surface area contributed by atoms with Crippen molar-refractivity contribution in [1.82, 2.24) is 0 Å². The van der Waals surface area contributed by atoms with Crippen LogP contribution in [0.4, 0.5) is 11.4 Å². The van der Waals surface area contributed by atoms with Gasteiger partial charge in [-0.3, -0.25) is 9.59 Å². The van der Waals surface area contributed by atoms with Crippen LogP contribution in [0.3, 0.4) is 0 Å². The van der Waals surface area contributed by atoms with Crippen molar-refractivity contribution in [2.75, 3.05) is 23.8 Å². The molecule has 0 bridgehead atoms. The van der Waals surface area contributed by atoms with Crippen molar-refractivity contribution in [3.63, 3.8) is 0 Å². The number of rotatable bonds is 9. The van der Waals surface area contributed by atoms with Crippen molar-refractivity contribution < 1.29 is 19.1 Å². The Morgan fingerprint density at radius 3 is 2.50 bits per heavy atom. The fourth-order valence-electron chi connectivity index (χ4n) is 3.37. The van der Waals surface area contributed by atoms with Crippen LogP contribution in [0.25, 0.3) is 6.08 Å². The van der Waals surface area contributed by atoms with Gasteiger partial charge in [0.2, 0.25) is 0 Å². The predicted octanol–water partition coefficient (Wildman–Crippen LogP) is 5.92. The van der Waals surface area contributed by atoms with E-state index in [2.05, 4.69) is 10.6 Å². The third-order valence-corrected chi connectivity index (χ3v) is 5.28. The lowest BCUT2D eigenvalue weighted by Crippen LogP contribution is -2.21. The highest BCUT2D eigenvalue weighted by atomic mass is 35.5. The zero-order valence-corrected chi connectivity index (χ0v) is 21.0. The molecule has 0 aliphatic carbocycles. The van der Waals surface area contributed by atoms with Gasteiger partial charge in [-0.05, 0) is 74.4 Å². The van der Waals surface area contributed by atoms with E-state index in [1.807, 2.05) is 45.0 Å². The predicted molar refractivity (Wildman–Crippen MR) is 141 cm³/mol. The average Bonchev–Trinajstić information content (AvgIpc) is 2.84. The second-order valence-corrected chi connectivity index (χ2v) is 8.37. The molecule has 0 spiro atoms. The van der Waals surface area contributed by atoms with E-state index in [1.54, 1.807) is 42.5 Å². The van der Waals surface area contributed by atoms with Crippen molar-refractivity contribution >= 4 is 40.9 Å². The van der Waals surface area contributed by atoms with Crippen LogP contribution in [0.2, 0.25) is 5.02 Å². The maximum atomic E-state index is 12.6. The van der Waals surface area contributed by atoms with Crippen LogP contribution < -0.4 is 20.1 Å². The number of carbonyl (C=O) groups excluding carboxylic acids is 2. The van der Waals surface area contributed by atoms with Gasteiger partial charge in [-0.2, -0.15) is 5.26 Å². The van der Waals surface area contributed by atoms with Crippen LogP contribution in [0, 0.1) is 25.2 Å². The third-order valence-electron chi connectivity index (χ3n) is 5.04. The third kappa shape index (κ3) is 7.36. The van der Waals surface area contributed by atoms with Gasteiger partial charge in [-0.1, -0.05) is 41.4 Å². The number of nitriles is 1. The number of hydrogen-bond donors (Lipinski definition) is 2. The van der Waals surface area contributed by atoms with Gasteiger partial charge in [0.15, 0.2) is 18.1 Å². The quantitative estimate of drug-likeness (QED) is 0.279. The number of nitrogens with one attached hydrogen (secondary N) is 2.